The molecule has 0 bridgehead atoms. The van der Waals surface area contributed by atoms with Gasteiger partial charge < -0.3 is 20.5 Å². The first-order chi connectivity index (χ1) is 11.9. The molecule has 0 aliphatic rings. The molecular formula is C17H15ClN2O5. The lowest BCUT2D eigenvalue weighted by atomic mass is 10.1. The molecule has 0 spiro atoms. The molecule has 130 valence electrons. The number of anilines is 1. The van der Waals surface area contributed by atoms with Crippen LogP contribution in [0.5, 0.6) is 5.75 Å². The van der Waals surface area contributed by atoms with Gasteiger partial charge in [-0.1, -0.05) is 17.7 Å². The fourth-order valence-electron chi connectivity index (χ4n) is 1.98. The summed E-state index contributed by atoms with van der Waals surface area (Å²) in [7, 11) is 1.18. The number of methoxy groups -OCH3 is 1. The molecule has 0 saturated heterocycles. The number of para-hydroxylation sites is 1. The predicted molar refractivity (Wildman–Crippen MR) is 91.9 cm³/mol. The average molecular weight is 363 g/mol. The van der Waals surface area contributed by atoms with Gasteiger partial charge in [0, 0.05) is 10.6 Å². The highest BCUT2D eigenvalue weighted by molar-refractivity contribution is 6.30. The highest BCUT2D eigenvalue weighted by atomic mass is 35.5. The monoisotopic (exact) mass is 362 g/mol. The summed E-state index contributed by atoms with van der Waals surface area (Å²) >= 11 is 5.74. The molecule has 0 aromatic heterocycles. The number of rotatable bonds is 5. The van der Waals surface area contributed by atoms with E-state index in [9.17, 15) is 19.5 Å². The van der Waals surface area contributed by atoms with Crippen molar-refractivity contribution in [2.24, 2.45) is 0 Å². The van der Waals surface area contributed by atoms with Gasteiger partial charge in [0.25, 0.3) is 5.91 Å². The Morgan fingerprint density at radius 2 is 1.80 bits per heavy atom. The summed E-state index contributed by atoms with van der Waals surface area (Å²) in [5.41, 5.74) is 0.312. The van der Waals surface area contributed by atoms with E-state index >= 15 is 0 Å². The number of phenols is 1. The Labute approximate surface area is 148 Å². The number of ether oxygens (including phenoxy) is 1. The van der Waals surface area contributed by atoms with Gasteiger partial charge in [0.2, 0.25) is 5.91 Å². The summed E-state index contributed by atoms with van der Waals surface area (Å²) in [4.78, 5) is 35.4. The minimum atomic E-state index is -0.732. The Bertz CT molecular complexity index is 805. The van der Waals surface area contributed by atoms with Gasteiger partial charge >= 0.3 is 5.97 Å². The van der Waals surface area contributed by atoms with Crippen LogP contribution in [0.15, 0.2) is 42.5 Å². The number of aromatic hydroxyl groups is 1. The van der Waals surface area contributed by atoms with Crippen LogP contribution in [0.4, 0.5) is 5.69 Å². The molecule has 8 heteroatoms. The molecule has 0 aliphatic carbocycles. The third kappa shape index (κ3) is 4.71. The zero-order valence-corrected chi connectivity index (χ0v) is 14.0. The smallest absolute Gasteiger partial charge is 0.341 e. The summed E-state index contributed by atoms with van der Waals surface area (Å²) < 4.78 is 4.54. The third-order valence-electron chi connectivity index (χ3n) is 3.23. The maximum absolute atomic E-state index is 11.9. The lowest BCUT2D eigenvalue weighted by Crippen LogP contribution is -2.32. The summed E-state index contributed by atoms with van der Waals surface area (Å²) in [6.07, 6.45) is 0. The molecule has 0 fully saturated rings. The zero-order valence-electron chi connectivity index (χ0n) is 13.2. The molecule has 3 N–H and O–H groups in total. The fraction of sp³-hybridized carbons (Fsp3) is 0.118. The summed E-state index contributed by atoms with van der Waals surface area (Å²) in [6, 6.07) is 10.4. The molecule has 0 radical (unpaired) electrons. The molecule has 0 heterocycles. The van der Waals surface area contributed by atoms with Gasteiger partial charge in [0.05, 0.1) is 19.3 Å². The number of carbonyl (C=O) groups excluding carboxylic acids is 3. The second kappa shape index (κ2) is 8.16. The average Bonchev–Trinajstić information content (AvgIpc) is 2.61. The van der Waals surface area contributed by atoms with E-state index in [0.29, 0.717) is 10.6 Å². The minimum absolute atomic E-state index is 0.0358. The number of phenolic OH excluding ortho intramolecular Hbond substituents is 1. The molecule has 0 saturated carbocycles. The van der Waals surface area contributed by atoms with Crippen molar-refractivity contribution in [3.8, 4) is 5.75 Å². The predicted octanol–water partition coefficient (Wildman–Crippen LogP) is 2.20. The fourth-order valence-corrected chi connectivity index (χ4v) is 2.10. The van der Waals surface area contributed by atoms with Crippen LogP contribution in [0.3, 0.4) is 0 Å². The van der Waals surface area contributed by atoms with Crippen LogP contribution in [0.25, 0.3) is 0 Å². The van der Waals surface area contributed by atoms with Gasteiger partial charge in [-0.2, -0.15) is 0 Å². The standard InChI is InChI=1S/C17H15ClN2O5/c1-25-17(24)12-3-2-4-13(15(12)22)20-14(21)9-19-16(23)10-5-7-11(18)8-6-10/h2-8,22H,9H2,1H3,(H,19,23)(H,20,21). The lowest BCUT2D eigenvalue weighted by Gasteiger charge is -2.10. The number of esters is 1. The first-order valence-electron chi connectivity index (χ1n) is 7.16. The van der Waals surface area contributed by atoms with Gasteiger partial charge in [-0.05, 0) is 36.4 Å². The number of benzene rings is 2. The molecule has 0 aliphatic heterocycles. The normalized spacial score (nSPS) is 10.0. The maximum atomic E-state index is 11.9. The van der Waals surface area contributed by atoms with Crippen LogP contribution in [0.2, 0.25) is 5.02 Å². The lowest BCUT2D eigenvalue weighted by molar-refractivity contribution is -0.115. The number of nitrogens with one attached hydrogen (secondary N) is 2. The molecule has 2 amide bonds. The molecule has 2 rings (SSSR count). The topological polar surface area (TPSA) is 105 Å². The van der Waals surface area contributed by atoms with Crippen molar-refractivity contribution in [3.05, 3.63) is 58.6 Å². The van der Waals surface area contributed by atoms with E-state index in [2.05, 4.69) is 15.4 Å². The quantitative estimate of drug-likeness (QED) is 0.558. The second-order valence-corrected chi connectivity index (χ2v) is 5.37. The molecule has 7 nitrogen and oxygen atoms in total. The Morgan fingerprint density at radius 1 is 1.12 bits per heavy atom. The Morgan fingerprint density at radius 3 is 2.44 bits per heavy atom. The second-order valence-electron chi connectivity index (χ2n) is 4.93. The molecule has 25 heavy (non-hydrogen) atoms. The van der Waals surface area contributed by atoms with E-state index in [1.54, 1.807) is 12.1 Å². The van der Waals surface area contributed by atoms with Crippen LogP contribution in [0.1, 0.15) is 20.7 Å². The Balaban J connectivity index is 1.97. The van der Waals surface area contributed by atoms with Crippen LogP contribution in [-0.4, -0.2) is 36.5 Å². The van der Waals surface area contributed by atoms with E-state index in [0.717, 1.165) is 0 Å². The zero-order chi connectivity index (χ0) is 18.4. The number of hydrogen-bond donors (Lipinski definition) is 3. The van der Waals surface area contributed by atoms with Gasteiger partial charge in [-0.15, -0.1) is 0 Å². The first-order valence-corrected chi connectivity index (χ1v) is 7.54. The van der Waals surface area contributed by atoms with Crippen molar-refractivity contribution in [1.29, 1.82) is 0 Å². The van der Waals surface area contributed by atoms with E-state index in [-0.39, 0.29) is 17.8 Å². The molecular weight excluding hydrogens is 348 g/mol. The van der Waals surface area contributed by atoms with Crippen molar-refractivity contribution < 1.29 is 24.2 Å². The van der Waals surface area contributed by atoms with Crippen molar-refractivity contribution >= 4 is 35.1 Å². The molecule has 0 atom stereocenters. The van der Waals surface area contributed by atoms with E-state index < -0.39 is 23.5 Å². The number of halogens is 1. The van der Waals surface area contributed by atoms with Gasteiger partial charge in [-0.25, -0.2) is 4.79 Å². The van der Waals surface area contributed by atoms with E-state index in [1.165, 1.54) is 37.4 Å². The summed E-state index contributed by atoms with van der Waals surface area (Å²) in [5.74, 6) is -2.16. The molecule has 0 unspecified atom stereocenters. The summed E-state index contributed by atoms with van der Waals surface area (Å²) in [5, 5.41) is 15.4. The number of amides is 2. The number of carbonyl (C=O) groups is 3. The summed E-state index contributed by atoms with van der Waals surface area (Å²) in [6.45, 7) is -0.316. The SMILES string of the molecule is COC(=O)c1cccc(NC(=O)CNC(=O)c2ccc(Cl)cc2)c1O. The first kappa shape index (κ1) is 18.3. The number of hydrogen-bond acceptors (Lipinski definition) is 5. The highest BCUT2D eigenvalue weighted by Crippen LogP contribution is 2.27. The van der Waals surface area contributed by atoms with E-state index in [4.69, 9.17) is 11.6 Å². The highest BCUT2D eigenvalue weighted by Gasteiger charge is 2.16. The van der Waals surface area contributed by atoms with Crippen LogP contribution in [-0.2, 0) is 9.53 Å². The largest absolute Gasteiger partial charge is 0.505 e. The van der Waals surface area contributed by atoms with Crippen LogP contribution < -0.4 is 10.6 Å². The van der Waals surface area contributed by atoms with Gasteiger partial charge in [0.1, 0.15) is 5.56 Å². The molecule has 2 aromatic rings. The van der Waals surface area contributed by atoms with Crippen molar-refractivity contribution in [2.75, 3.05) is 19.0 Å². The minimum Gasteiger partial charge on any atom is -0.505 e. The van der Waals surface area contributed by atoms with Crippen LogP contribution in [0, 0.1) is 0 Å². The van der Waals surface area contributed by atoms with Crippen molar-refractivity contribution in [3.63, 3.8) is 0 Å². The van der Waals surface area contributed by atoms with E-state index in [1.807, 2.05) is 0 Å². The maximum Gasteiger partial charge on any atom is 0.341 e. The Hall–Kier alpha value is -3.06. The third-order valence-corrected chi connectivity index (χ3v) is 3.48. The van der Waals surface area contributed by atoms with Gasteiger partial charge in [0.15, 0.2) is 5.75 Å². The Kier molecular flexibility index (Phi) is 5.97. The van der Waals surface area contributed by atoms with Crippen molar-refractivity contribution in [1.82, 2.24) is 5.32 Å². The van der Waals surface area contributed by atoms with Crippen molar-refractivity contribution in [2.45, 2.75) is 0 Å². The van der Waals surface area contributed by atoms with Gasteiger partial charge in [-0.3, -0.25) is 9.59 Å². The molecule has 2 aromatic carbocycles. The van der Waals surface area contributed by atoms with Crippen LogP contribution >= 0.6 is 11.6 Å².